The van der Waals surface area contributed by atoms with Crippen molar-refractivity contribution in [1.29, 1.82) is 0 Å². The number of aliphatic hydroxyl groups is 1. The molecule has 6 rings (SSSR count). The van der Waals surface area contributed by atoms with Crippen molar-refractivity contribution in [3.63, 3.8) is 0 Å². The number of ether oxygens (including phenoxy) is 1. The van der Waals surface area contributed by atoms with Gasteiger partial charge >= 0.3 is 0 Å². The van der Waals surface area contributed by atoms with Crippen LogP contribution in [0.4, 0.5) is 15.9 Å². The van der Waals surface area contributed by atoms with E-state index in [1.165, 1.54) is 6.07 Å². The van der Waals surface area contributed by atoms with Crippen LogP contribution in [0.2, 0.25) is 0 Å². The van der Waals surface area contributed by atoms with Crippen molar-refractivity contribution in [2.24, 2.45) is 0 Å². The van der Waals surface area contributed by atoms with Crippen LogP contribution >= 0.6 is 0 Å². The highest BCUT2D eigenvalue weighted by atomic mass is 19.1. The number of hydrogen-bond acceptors (Lipinski definition) is 7. The normalized spacial score (nSPS) is 17.7. The molecular weight excluding hydrogens is 461 g/mol. The molecule has 1 aromatic carbocycles. The Hall–Kier alpha value is -3.50. The number of halogens is 1. The molecule has 5 heterocycles. The van der Waals surface area contributed by atoms with Gasteiger partial charge in [0.2, 0.25) is 0 Å². The molecule has 0 bridgehead atoms. The maximum atomic E-state index is 13.7. The van der Waals surface area contributed by atoms with Crippen molar-refractivity contribution in [3.8, 4) is 5.82 Å². The highest BCUT2D eigenvalue weighted by molar-refractivity contribution is 5.83. The second kappa shape index (κ2) is 10.2. The Balaban J connectivity index is 0.00000130. The quantitative estimate of drug-likeness (QED) is 0.448. The summed E-state index contributed by atoms with van der Waals surface area (Å²) in [6.07, 6.45) is 4.46. The highest BCUT2D eigenvalue weighted by Gasteiger charge is 2.37. The fourth-order valence-electron chi connectivity index (χ4n) is 4.95. The minimum Gasteiger partial charge on any atom is -0.385 e. The third-order valence-electron chi connectivity index (χ3n) is 6.84. The lowest BCUT2D eigenvalue weighted by Gasteiger charge is -2.40. The third-order valence-corrected chi connectivity index (χ3v) is 6.84. The predicted molar refractivity (Wildman–Crippen MR) is 137 cm³/mol. The molecule has 0 aliphatic carbocycles. The average Bonchev–Trinajstić information content (AvgIpc) is 3.60. The second-order valence-electron chi connectivity index (χ2n) is 8.86. The van der Waals surface area contributed by atoms with E-state index in [9.17, 15) is 9.50 Å². The first-order valence-electron chi connectivity index (χ1n) is 12.6. The summed E-state index contributed by atoms with van der Waals surface area (Å²) in [5.41, 5.74) is 1.28. The number of nitrogens with zero attached hydrogens (tertiary/aromatic N) is 6. The number of pyridine rings is 1. The zero-order chi connectivity index (χ0) is 25.1. The van der Waals surface area contributed by atoms with Crippen LogP contribution in [0.5, 0.6) is 0 Å². The van der Waals surface area contributed by atoms with Crippen LogP contribution in [-0.2, 0) is 10.3 Å². The van der Waals surface area contributed by atoms with Crippen LogP contribution < -0.4 is 9.80 Å². The Morgan fingerprint density at radius 1 is 1.03 bits per heavy atom. The summed E-state index contributed by atoms with van der Waals surface area (Å²) in [7, 11) is 0. The standard InChI is InChI=1S/C24H26FN7O2.C2H6/c25-17-2-1-3-18(14-17)30-8-5-24(33,6-9-30)20-15-22(31-10-12-34-13-11-31)28-23-19(20)16-27-32(23)21-4-7-26-29-21;1-2/h1-4,7,14-16,33H,5-6,8-13H2,(H,26,29);1-2H3. The minimum absolute atomic E-state index is 0.254. The Morgan fingerprint density at radius 3 is 2.50 bits per heavy atom. The van der Waals surface area contributed by atoms with Crippen LogP contribution in [0.1, 0.15) is 32.3 Å². The summed E-state index contributed by atoms with van der Waals surface area (Å²) in [4.78, 5) is 9.23. The van der Waals surface area contributed by atoms with E-state index in [0.29, 0.717) is 50.6 Å². The van der Waals surface area contributed by atoms with Gasteiger partial charge in [-0.1, -0.05) is 19.9 Å². The van der Waals surface area contributed by atoms with Gasteiger partial charge in [0.05, 0.1) is 31.2 Å². The molecule has 2 aliphatic heterocycles. The summed E-state index contributed by atoms with van der Waals surface area (Å²) in [5.74, 6) is 1.25. The lowest BCUT2D eigenvalue weighted by Crippen LogP contribution is -2.43. The molecule has 9 nitrogen and oxygen atoms in total. The molecular formula is C26H32FN7O2. The van der Waals surface area contributed by atoms with Crippen LogP contribution in [0.3, 0.4) is 0 Å². The van der Waals surface area contributed by atoms with Crippen LogP contribution in [0.15, 0.2) is 48.8 Å². The zero-order valence-electron chi connectivity index (χ0n) is 20.7. The van der Waals surface area contributed by atoms with E-state index in [0.717, 1.165) is 35.5 Å². The van der Waals surface area contributed by atoms with Crippen molar-refractivity contribution in [2.75, 3.05) is 49.2 Å². The molecule has 3 aromatic heterocycles. The number of fused-ring (bicyclic) bond motifs is 1. The Morgan fingerprint density at radius 2 is 1.81 bits per heavy atom. The molecule has 36 heavy (non-hydrogen) atoms. The third kappa shape index (κ3) is 4.54. The van der Waals surface area contributed by atoms with Crippen molar-refractivity contribution in [3.05, 3.63) is 60.2 Å². The number of rotatable bonds is 4. The highest BCUT2D eigenvalue weighted by Crippen LogP contribution is 2.39. The number of aromatic nitrogens is 5. The SMILES string of the molecule is CC.OC1(c2cc(N3CCOCC3)nc3c2cnn3-c2ccn[nH]2)CCN(c2cccc(F)c2)CC1. The number of morpholine rings is 1. The van der Waals surface area contributed by atoms with E-state index in [1.807, 2.05) is 32.0 Å². The maximum Gasteiger partial charge on any atom is 0.167 e. The summed E-state index contributed by atoms with van der Waals surface area (Å²) in [6, 6.07) is 10.5. The molecule has 2 saturated heterocycles. The molecule has 2 fully saturated rings. The van der Waals surface area contributed by atoms with Crippen molar-refractivity contribution in [1.82, 2.24) is 25.0 Å². The number of hydrogen-bond donors (Lipinski definition) is 2. The molecule has 190 valence electrons. The molecule has 2 N–H and O–H groups in total. The minimum atomic E-state index is -1.05. The Kier molecular flexibility index (Phi) is 6.88. The topological polar surface area (TPSA) is 95.3 Å². The van der Waals surface area contributed by atoms with E-state index in [-0.39, 0.29) is 5.82 Å². The molecule has 0 saturated carbocycles. The van der Waals surface area contributed by atoms with Gasteiger partial charge in [0, 0.05) is 43.3 Å². The molecule has 0 unspecified atom stereocenters. The van der Waals surface area contributed by atoms with E-state index >= 15 is 0 Å². The Labute approximate surface area is 209 Å². The van der Waals surface area contributed by atoms with Gasteiger partial charge in [-0.3, -0.25) is 5.10 Å². The van der Waals surface area contributed by atoms with E-state index in [2.05, 4.69) is 25.1 Å². The molecule has 0 radical (unpaired) electrons. The van der Waals surface area contributed by atoms with Crippen LogP contribution in [0.25, 0.3) is 16.9 Å². The number of nitrogens with one attached hydrogen (secondary N) is 1. The number of benzene rings is 1. The first-order valence-corrected chi connectivity index (χ1v) is 12.6. The number of H-pyrrole nitrogens is 1. The largest absolute Gasteiger partial charge is 0.385 e. The van der Waals surface area contributed by atoms with Gasteiger partial charge < -0.3 is 19.6 Å². The molecule has 0 amide bonds. The monoisotopic (exact) mass is 493 g/mol. The van der Waals surface area contributed by atoms with Gasteiger partial charge in [-0.2, -0.15) is 14.9 Å². The summed E-state index contributed by atoms with van der Waals surface area (Å²) in [5, 5.41) is 24.3. The summed E-state index contributed by atoms with van der Waals surface area (Å²) in [6.45, 7) is 7.99. The van der Waals surface area contributed by atoms with E-state index in [4.69, 9.17) is 9.72 Å². The average molecular weight is 494 g/mol. The predicted octanol–water partition coefficient (Wildman–Crippen LogP) is 3.63. The molecule has 0 spiro atoms. The maximum absolute atomic E-state index is 13.7. The van der Waals surface area contributed by atoms with Crippen LogP contribution in [0, 0.1) is 5.82 Å². The van der Waals surface area contributed by atoms with Crippen molar-refractivity contribution >= 4 is 22.5 Å². The van der Waals surface area contributed by atoms with Gasteiger partial charge in [0.1, 0.15) is 11.6 Å². The first kappa shape index (κ1) is 24.2. The van der Waals surface area contributed by atoms with Crippen molar-refractivity contribution in [2.45, 2.75) is 32.3 Å². The smallest absolute Gasteiger partial charge is 0.167 e. The number of piperidine rings is 1. The Bertz CT molecular complexity index is 1290. The molecule has 4 aromatic rings. The number of aromatic amines is 1. The van der Waals surface area contributed by atoms with E-state index in [1.54, 1.807) is 29.2 Å². The second-order valence-corrected chi connectivity index (χ2v) is 8.86. The summed E-state index contributed by atoms with van der Waals surface area (Å²) < 4.78 is 21.0. The van der Waals surface area contributed by atoms with Gasteiger partial charge in [-0.25, -0.2) is 9.37 Å². The molecule has 10 heteroatoms. The van der Waals surface area contributed by atoms with Gasteiger partial charge in [0.15, 0.2) is 11.5 Å². The zero-order valence-corrected chi connectivity index (χ0v) is 20.7. The van der Waals surface area contributed by atoms with Gasteiger partial charge in [0.25, 0.3) is 0 Å². The van der Waals surface area contributed by atoms with Crippen molar-refractivity contribution < 1.29 is 14.2 Å². The lowest BCUT2D eigenvalue weighted by molar-refractivity contribution is 0.0132. The summed E-state index contributed by atoms with van der Waals surface area (Å²) >= 11 is 0. The fraction of sp³-hybridized carbons (Fsp3) is 0.423. The lowest BCUT2D eigenvalue weighted by atomic mass is 9.83. The fourth-order valence-corrected chi connectivity index (χ4v) is 4.95. The molecule has 0 atom stereocenters. The van der Waals surface area contributed by atoms with Crippen LogP contribution in [-0.4, -0.2) is 69.5 Å². The van der Waals surface area contributed by atoms with E-state index < -0.39 is 5.60 Å². The van der Waals surface area contributed by atoms with Gasteiger partial charge in [-0.15, -0.1) is 0 Å². The number of anilines is 2. The molecule has 2 aliphatic rings. The van der Waals surface area contributed by atoms with Gasteiger partial charge in [-0.05, 0) is 42.7 Å². The first-order chi connectivity index (χ1) is 17.6.